The Morgan fingerprint density at radius 1 is 1.13 bits per heavy atom. The number of nitrogens with one attached hydrogen (secondary N) is 1. The molecule has 0 spiro atoms. The van der Waals surface area contributed by atoms with Gasteiger partial charge in [-0.3, -0.25) is 0 Å². The lowest BCUT2D eigenvalue weighted by Crippen LogP contribution is -2.15. The maximum atomic E-state index is 12.1. The highest BCUT2D eigenvalue weighted by molar-refractivity contribution is 6.07. The second-order valence-electron chi connectivity index (χ2n) is 5.02. The standard InChI is InChI=1S/C17H19NO5/c1-10-8-12(23-11(10)2)9-18-14-7-5-6-13(16(19)21-3)15(14)17(20)22-4/h5-8,18H,9H2,1-4H3. The van der Waals surface area contributed by atoms with E-state index in [-0.39, 0.29) is 11.1 Å². The number of furan rings is 1. The molecule has 0 saturated carbocycles. The van der Waals surface area contributed by atoms with Crippen LogP contribution < -0.4 is 5.32 Å². The highest BCUT2D eigenvalue weighted by Crippen LogP contribution is 2.23. The van der Waals surface area contributed by atoms with E-state index in [9.17, 15) is 9.59 Å². The Balaban J connectivity index is 2.33. The largest absolute Gasteiger partial charge is 0.465 e. The van der Waals surface area contributed by atoms with Gasteiger partial charge in [-0.25, -0.2) is 9.59 Å². The van der Waals surface area contributed by atoms with Gasteiger partial charge in [-0.15, -0.1) is 0 Å². The minimum absolute atomic E-state index is 0.141. The zero-order valence-corrected chi connectivity index (χ0v) is 13.6. The molecule has 1 N–H and O–H groups in total. The minimum atomic E-state index is -0.611. The Kier molecular flexibility index (Phi) is 5.05. The number of carbonyl (C=O) groups is 2. The SMILES string of the molecule is COC(=O)c1cccc(NCc2cc(C)c(C)o2)c1C(=O)OC. The molecule has 0 amide bonds. The van der Waals surface area contributed by atoms with Crippen LogP contribution in [0.25, 0.3) is 0 Å². The van der Waals surface area contributed by atoms with Crippen LogP contribution in [-0.2, 0) is 16.0 Å². The van der Waals surface area contributed by atoms with Gasteiger partial charge in [-0.05, 0) is 37.6 Å². The number of esters is 2. The van der Waals surface area contributed by atoms with Gasteiger partial charge in [-0.1, -0.05) is 6.07 Å². The lowest BCUT2D eigenvalue weighted by atomic mass is 10.1. The molecule has 0 bridgehead atoms. The van der Waals surface area contributed by atoms with Gasteiger partial charge in [-0.2, -0.15) is 0 Å². The fourth-order valence-corrected chi connectivity index (χ4v) is 2.22. The van der Waals surface area contributed by atoms with Crippen LogP contribution in [0.2, 0.25) is 0 Å². The van der Waals surface area contributed by atoms with Gasteiger partial charge in [0.1, 0.15) is 11.5 Å². The van der Waals surface area contributed by atoms with E-state index in [0.717, 1.165) is 17.1 Å². The predicted molar refractivity (Wildman–Crippen MR) is 84.6 cm³/mol. The van der Waals surface area contributed by atoms with Gasteiger partial charge in [0, 0.05) is 5.69 Å². The highest BCUT2D eigenvalue weighted by atomic mass is 16.5. The van der Waals surface area contributed by atoms with Crippen molar-refractivity contribution < 1.29 is 23.5 Å². The quantitative estimate of drug-likeness (QED) is 0.854. The molecule has 0 aliphatic carbocycles. The number of hydrogen-bond donors (Lipinski definition) is 1. The summed E-state index contributed by atoms with van der Waals surface area (Å²) < 4.78 is 15.1. The molecule has 0 unspecified atom stereocenters. The summed E-state index contributed by atoms with van der Waals surface area (Å²) in [5.74, 6) is 0.372. The topological polar surface area (TPSA) is 77.8 Å². The molecule has 0 fully saturated rings. The molecule has 6 nitrogen and oxygen atoms in total. The molecule has 0 atom stereocenters. The lowest BCUT2D eigenvalue weighted by molar-refractivity contribution is 0.0556. The molecule has 1 aromatic carbocycles. The molecule has 122 valence electrons. The average Bonchev–Trinajstić information content (AvgIpc) is 2.89. The molecule has 0 aliphatic heterocycles. The number of rotatable bonds is 5. The van der Waals surface area contributed by atoms with Crippen molar-refractivity contribution in [2.24, 2.45) is 0 Å². The van der Waals surface area contributed by atoms with Crippen molar-refractivity contribution in [2.45, 2.75) is 20.4 Å². The number of ether oxygens (including phenoxy) is 2. The van der Waals surface area contributed by atoms with E-state index >= 15 is 0 Å². The first-order valence-electron chi connectivity index (χ1n) is 7.07. The smallest absolute Gasteiger partial charge is 0.340 e. The van der Waals surface area contributed by atoms with E-state index in [0.29, 0.717) is 12.2 Å². The molecular formula is C17H19NO5. The molecule has 0 aliphatic rings. The van der Waals surface area contributed by atoms with Crippen molar-refractivity contribution in [2.75, 3.05) is 19.5 Å². The number of benzene rings is 1. The van der Waals surface area contributed by atoms with E-state index < -0.39 is 11.9 Å². The molecule has 23 heavy (non-hydrogen) atoms. The average molecular weight is 317 g/mol. The van der Waals surface area contributed by atoms with Gasteiger partial charge >= 0.3 is 11.9 Å². The van der Waals surface area contributed by atoms with Crippen LogP contribution in [-0.4, -0.2) is 26.2 Å². The number of aryl methyl sites for hydroxylation is 2. The molecule has 2 rings (SSSR count). The van der Waals surface area contributed by atoms with Crippen LogP contribution in [0.4, 0.5) is 5.69 Å². The van der Waals surface area contributed by atoms with Crippen molar-refractivity contribution in [3.63, 3.8) is 0 Å². The second-order valence-corrected chi connectivity index (χ2v) is 5.02. The maximum Gasteiger partial charge on any atom is 0.340 e. The molecule has 2 aromatic rings. The third-order valence-electron chi connectivity index (χ3n) is 3.53. The number of anilines is 1. The molecule has 6 heteroatoms. The Morgan fingerprint density at radius 3 is 2.39 bits per heavy atom. The van der Waals surface area contributed by atoms with Gasteiger partial charge < -0.3 is 19.2 Å². The van der Waals surface area contributed by atoms with Crippen LogP contribution in [0.3, 0.4) is 0 Å². The van der Waals surface area contributed by atoms with Gasteiger partial charge in [0.15, 0.2) is 0 Å². The molecule has 1 heterocycles. The van der Waals surface area contributed by atoms with Gasteiger partial charge in [0.05, 0.1) is 31.9 Å². The van der Waals surface area contributed by atoms with E-state index in [1.165, 1.54) is 20.3 Å². The van der Waals surface area contributed by atoms with Crippen LogP contribution in [0.5, 0.6) is 0 Å². The summed E-state index contributed by atoms with van der Waals surface area (Å²) in [5, 5.41) is 3.10. The summed E-state index contributed by atoms with van der Waals surface area (Å²) in [4.78, 5) is 23.9. The first kappa shape index (κ1) is 16.6. The van der Waals surface area contributed by atoms with Crippen molar-refractivity contribution in [1.29, 1.82) is 0 Å². The summed E-state index contributed by atoms with van der Waals surface area (Å²) in [5.41, 5.74) is 1.82. The van der Waals surface area contributed by atoms with Crippen LogP contribution >= 0.6 is 0 Å². The first-order valence-corrected chi connectivity index (χ1v) is 7.07. The first-order chi connectivity index (χ1) is 11.0. The molecule has 0 radical (unpaired) electrons. The Bertz CT molecular complexity index is 713. The molecule has 1 aromatic heterocycles. The third kappa shape index (κ3) is 3.53. The second kappa shape index (κ2) is 7.00. The fraction of sp³-hybridized carbons (Fsp3) is 0.294. The Labute approximate surface area is 134 Å². The summed E-state index contributed by atoms with van der Waals surface area (Å²) >= 11 is 0. The van der Waals surface area contributed by atoms with Crippen molar-refractivity contribution in [3.05, 3.63) is 52.5 Å². The molecular weight excluding hydrogens is 298 g/mol. The number of carbonyl (C=O) groups excluding carboxylic acids is 2. The summed E-state index contributed by atoms with van der Waals surface area (Å²) in [6.45, 7) is 4.22. The normalized spacial score (nSPS) is 10.3. The lowest BCUT2D eigenvalue weighted by Gasteiger charge is -2.13. The van der Waals surface area contributed by atoms with Crippen molar-refractivity contribution in [1.82, 2.24) is 0 Å². The highest BCUT2D eigenvalue weighted by Gasteiger charge is 2.22. The monoisotopic (exact) mass is 317 g/mol. The van der Waals surface area contributed by atoms with Gasteiger partial charge in [0.25, 0.3) is 0 Å². The van der Waals surface area contributed by atoms with Crippen molar-refractivity contribution >= 4 is 17.6 Å². The van der Waals surface area contributed by atoms with E-state index in [1.807, 2.05) is 19.9 Å². The zero-order chi connectivity index (χ0) is 17.0. The summed E-state index contributed by atoms with van der Waals surface area (Å²) in [7, 11) is 2.53. The summed E-state index contributed by atoms with van der Waals surface area (Å²) in [6, 6.07) is 6.80. The van der Waals surface area contributed by atoms with Gasteiger partial charge in [0.2, 0.25) is 0 Å². The van der Waals surface area contributed by atoms with Crippen molar-refractivity contribution in [3.8, 4) is 0 Å². The van der Waals surface area contributed by atoms with Crippen LogP contribution in [0.15, 0.2) is 28.7 Å². The predicted octanol–water partition coefficient (Wildman–Crippen LogP) is 3.08. The maximum absolute atomic E-state index is 12.1. The minimum Gasteiger partial charge on any atom is -0.465 e. The van der Waals surface area contributed by atoms with E-state index in [1.54, 1.807) is 12.1 Å². The van der Waals surface area contributed by atoms with E-state index in [2.05, 4.69) is 5.32 Å². The fourth-order valence-electron chi connectivity index (χ4n) is 2.22. The number of hydrogen-bond acceptors (Lipinski definition) is 6. The van der Waals surface area contributed by atoms with E-state index in [4.69, 9.17) is 13.9 Å². The Morgan fingerprint density at radius 2 is 1.83 bits per heavy atom. The summed E-state index contributed by atoms with van der Waals surface area (Å²) in [6.07, 6.45) is 0. The third-order valence-corrected chi connectivity index (χ3v) is 3.53. The molecule has 0 saturated heterocycles. The van der Waals surface area contributed by atoms with Crippen LogP contribution in [0, 0.1) is 13.8 Å². The Hall–Kier alpha value is -2.76. The zero-order valence-electron chi connectivity index (χ0n) is 13.6. The van der Waals surface area contributed by atoms with Crippen LogP contribution in [0.1, 0.15) is 37.8 Å². The number of methoxy groups -OCH3 is 2.